The van der Waals surface area contributed by atoms with Gasteiger partial charge in [-0.3, -0.25) is 9.59 Å². The minimum Gasteiger partial charge on any atom is -0.378 e. The summed E-state index contributed by atoms with van der Waals surface area (Å²) in [7, 11) is 0. The highest BCUT2D eigenvalue weighted by Gasteiger charge is 2.21. The molecule has 1 aliphatic rings. The van der Waals surface area contributed by atoms with Gasteiger partial charge in [0.05, 0.1) is 19.3 Å². The van der Waals surface area contributed by atoms with Crippen molar-refractivity contribution in [1.29, 1.82) is 0 Å². The zero-order valence-electron chi connectivity index (χ0n) is 12.1. The van der Waals surface area contributed by atoms with Gasteiger partial charge in [-0.15, -0.1) is 0 Å². The van der Waals surface area contributed by atoms with Crippen molar-refractivity contribution in [2.45, 2.75) is 39.3 Å². The van der Waals surface area contributed by atoms with Gasteiger partial charge in [-0.2, -0.15) is 0 Å². The second kappa shape index (κ2) is 8.12. The molecule has 0 aromatic heterocycles. The Morgan fingerprint density at radius 3 is 2.42 bits per heavy atom. The van der Waals surface area contributed by atoms with Crippen LogP contribution in [0.25, 0.3) is 0 Å². The van der Waals surface area contributed by atoms with Crippen molar-refractivity contribution in [3.63, 3.8) is 0 Å². The molecule has 6 nitrogen and oxygen atoms in total. The van der Waals surface area contributed by atoms with Gasteiger partial charge in [0.25, 0.3) is 0 Å². The molecule has 1 atom stereocenters. The molecule has 0 saturated carbocycles. The number of rotatable bonds is 6. The number of hydrogen-bond acceptors (Lipinski definition) is 4. The quantitative estimate of drug-likeness (QED) is 0.698. The zero-order valence-corrected chi connectivity index (χ0v) is 12.1. The summed E-state index contributed by atoms with van der Waals surface area (Å²) >= 11 is 0. The zero-order chi connectivity index (χ0) is 14.3. The molecule has 0 radical (unpaired) electrons. The molecule has 1 fully saturated rings. The Morgan fingerprint density at radius 2 is 1.84 bits per heavy atom. The molecule has 0 aromatic carbocycles. The monoisotopic (exact) mass is 271 g/mol. The molecule has 0 bridgehead atoms. The first-order valence-electron chi connectivity index (χ1n) is 6.90. The topological polar surface area (TPSA) is 70.7 Å². The van der Waals surface area contributed by atoms with Crippen LogP contribution in [0.5, 0.6) is 0 Å². The fraction of sp³-hybridized carbons (Fsp3) is 0.846. The van der Waals surface area contributed by atoms with E-state index in [9.17, 15) is 9.59 Å². The first-order valence-corrected chi connectivity index (χ1v) is 6.90. The number of ether oxygens (including phenoxy) is 1. The lowest BCUT2D eigenvalue weighted by atomic mass is 10.2. The van der Waals surface area contributed by atoms with Crippen LogP contribution in [0.3, 0.4) is 0 Å². The van der Waals surface area contributed by atoms with Gasteiger partial charge in [-0.05, 0) is 20.8 Å². The van der Waals surface area contributed by atoms with Crippen LogP contribution in [0.4, 0.5) is 0 Å². The van der Waals surface area contributed by atoms with E-state index in [1.807, 2.05) is 20.8 Å². The van der Waals surface area contributed by atoms with Crippen molar-refractivity contribution in [2.24, 2.45) is 0 Å². The molecule has 6 heteroatoms. The normalized spacial score (nSPS) is 17.4. The first-order chi connectivity index (χ1) is 9.00. The summed E-state index contributed by atoms with van der Waals surface area (Å²) in [5, 5.41) is 5.91. The van der Waals surface area contributed by atoms with Gasteiger partial charge >= 0.3 is 0 Å². The Labute approximate surface area is 114 Å². The van der Waals surface area contributed by atoms with E-state index in [0.29, 0.717) is 39.3 Å². The van der Waals surface area contributed by atoms with Gasteiger partial charge in [-0.25, -0.2) is 0 Å². The van der Waals surface area contributed by atoms with Crippen LogP contribution in [0.15, 0.2) is 0 Å². The van der Waals surface area contributed by atoms with Crippen LogP contribution in [0.1, 0.15) is 27.2 Å². The third-order valence-corrected chi connectivity index (χ3v) is 2.95. The van der Waals surface area contributed by atoms with Gasteiger partial charge in [0, 0.05) is 32.1 Å². The molecule has 1 unspecified atom stereocenters. The summed E-state index contributed by atoms with van der Waals surface area (Å²) in [6, 6.07) is -0.107. The maximum atomic E-state index is 12.1. The number of amides is 2. The predicted octanol–water partition coefficient (Wildman–Crippen LogP) is -0.262. The van der Waals surface area contributed by atoms with E-state index in [2.05, 4.69) is 10.6 Å². The molecule has 2 amide bonds. The number of hydrogen-bond donors (Lipinski definition) is 2. The molecular formula is C13H25N3O3. The second-order valence-electron chi connectivity index (χ2n) is 5.09. The van der Waals surface area contributed by atoms with Crippen molar-refractivity contribution >= 4 is 11.8 Å². The van der Waals surface area contributed by atoms with Crippen LogP contribution in [0.2, 0.25) is 0 Å². The SMILES string of the molecule is CC(C)NC(=O)CCNC(C)C(=O)N1CCOCC1. The van der Waals surface area contributed by atoms with Crippen molar-refractivity contribution in [1.82, 2.24) is 15.5 Å². The molecular weight excluding hydrogens is 246 g/mol. The molecule has 2 N–H and O–H groups in total. The number of carbonyl (C=O) groups excluding carboxylic acids is 2. The van der Waals surface area contributed by atoms with Crippen molar-refractivity contribution in [3.05, 3.63) is 0 Å². The minimum absolute atomic E-state index is 0.00789. The van der Waals surface area contributed by atoms with Gasteiger partial charge in [-0.1, -0.05) is 0 Å². The van der Waals surface area contributed by atoms with Crippen LogP contribution in [-0.4, -0.2) is 61.6 Å². The Bertz CT molecular complexity index is 302. The second-order valence-corrected chi connectivity index (χ2v) is 5.09. The number of nitrogens with zero attached hydrogens (tertiary/aromatic N) is 1. The lowest BCUT2D eigenvalue weighted by Gasteiger charge is -2.29. The fourth-order valence-corrected chi connectivity index (χ4v) is 1.94. The number of morpholine rings is 1. The Morgan fingerprint density at radius 1 is 1.21 bits per heavy atom. The van der Waals surface area contributed by atoms with Crippen LogP contribution < -0.4 is 10.6 Å². The molecule has 110 valence electrons. The first kappa shape index (κ1) is 15.9. The highest BCUT2D eigenvalue weighted by atomic mass is 16.5. The molecule has 0 aromatic rings. The van der Waals surface area contributed by atoms with Gasteiger partial charge < -0.3 is 20.3 Å². The predicted molar refractivity (Wildman–Crippen MR) is 72.8 cm³/mol. The highest BCUT2D eigenvalue weighted by molar-refractivity contribution is 5.81. The van der Waals surface area contributed by atoms with Crippen LogP contribution in [-0.2, 0) is 14.3 Å². The van der Waals surface area contributed by atoms with Crippen LogP contribution in [0, 0.1) is 0 Å². The van der Waals surface area contributed by atoms with E-state index in [1.165, 1.54) is 0 Å². The lowest BCUT2D eigenvalue weighted by molar-refractivity contribution is -0.137. The van der Waals surface area contributed by atoms with Crippen molar-refractivity contribution < 1.29 is 14.3 Å². The Balaban J connectivity index is 2.21. The summed E-state index contributed by atoms with van der Waals surface area (Å²) in [5.41, 5.74) is 0. The van der Waals surface area contributed by atoms with E-state index in [4.69, 9.17) is 4.74 Å². The van der Waals surface area contributed by atoms with Gasteiger partial charge in [0.2, 0.25) is 11.8 Å². The highest BCUT2D eigenvalue weighted by Crippen LogP contribution is 2.00. The van der Waals surface area contributed by atoms with E-state index < -0.39 is 0 Å². The van der Waals surface area contributed by atoms with Gasteiger partial charge in [0.15, 0.2) is 0 Å². The smallest absolute Gasteiger partial charge is 0.239 e. The molecule has 1 saturated heterocycles. The summed E-state index contributed by atoms with van der Waals surface area (Å²) in [6.07, 6.45) is 0.388. The number of carbonyl (C=O) groups is 2. The average molecular weight is 271 g/mol. The van der Waals surface area contributed by atoms with Crippen molar-refractivity contribution in [3.8, 4) is 0 Å². The van der Waals surface area contributed by atoms with E-state index >= 15 is 0 Å². The lowest BCUT2D eigenvalue weighted by Crippen LogP contribution is -2.49. The minimum atomic E-state index is -0.259. The largest absolute Gasteiger partial charge is 0.378 e. The molecule has 1 heterocycles. The molecule has 1 rings (SSSR count). The molecule has 0 aliphatic carbocycles. The maximum absolute atomic E-state index is 12.1. The molecule has 1 aliphatic heterocycles. The summed E-state index contributed by atoms with van der Waals surface area (Å²) in [5.74, 6) is 0.0843. The van der Waals surface area contributed by atoms with Crippen LogP contribution >= 0.6 is 0 Å². The van der Waals surface area contributed by atoms with E-state index in [0.717, 1.165) is 0 Å². The Hall–Kier alpha value is -1.14. The third-order valence-electron chi connectivity index (χ3n) is 2.95. The van der Waals surface area contributed by atoms with E-state index in [1.54, 1.807) is 4.90 Å². The Kier molecular flexibility index (Phi) is 6.80. The fourth-order valence-electron chi connectivity index (χ4n) is 1.94. The average Bonchev–Trinajstić information content (AvgIpc) is 2.37. The number of nitrogens with one attached hydrogen (secondary N) is 2. The van der Waals surface area contributed by atoms with Crippen molar-refractivity contribution in [2.75, 3.05) is 32.8 Å². The molecule has 19 heavy (non-hydrogen) atoms. The standard InChI is InChI=1S/C13H25N3O3/c1-10(2)15-12(17)4-5-14-11(3)13(18)16-6-8-19-9-7-16/h10-11,14H,4-9H2,1-3H3,(H,15,17). The third kappa shape index (κ3) is 6.02. The van der Waals surface area contributed by atoms with Gasteiger partial charge in [0.1, 0.15) is 0 Å². The maximum Gasteiger partial charge on any atom is 0.239 e. The summed E-state index contributed by atoms with van der Waals surface area (Å²) in [4.78, 5) is 25.3. The van der Waals surface area contributed by atoms with E-state index in [-0.39, 0.29) is 23.9 Å². The summed E-state index contributed by atoms with van der Waals surface area (Å²) in [6.45, 7) is 8.71. The molecule has 0 spiro atoms. The summed E-state index contributed by atoms with van der Waals surface area (Å²) < 4.78 is 5.21.